The van der Waals surface area contributed by atoms with Gasteiger partial charge >= 0.3 is 0 Å². The highest BCUT2D eigenvalue weighted by atomic mass is 35.5. The highest BCUT2D eigenvalue weighted by molar-refractivity contribution is 8.00. The average molecular weight is 552 g/mol. The van der Waals surface area contributed by atoms with E-state index in [9.17, 15) is 14.3 Å². The van der Waals surface area contributed by atoms with Crippen molar-refractivity contribution in [2.24, 2.45) is 0 Å². The molecule has 4 heterocycles. The number of halogens is 3. The fourth-order valence-electron chi connectivity index (χ4n) is 4.66. The monoisotopic (exact) mass is 551 g/mol. The van der Waals surface area contributed by atoms with Crippen LogP contribution in [0.2, 0.25) is 0 Å². The van der Waals surface area contributed by atoms with Gasteiger partial charge in [0.2, 0.25) is 5.91 Å². The molecule has 37 heavy (non-hydrogen) atoms. The first-order valence-electron chi connectivity index (χ1n) is 11.7. The van der Waals surface area contributed by atoms with Crippen molar-refractivity contribution < 1.29 is 23.4 Å². The molecular weight excluding hydrogens is 524 g/mol. The van der Waals surface area contributed by atoms with Crippen LogP contribution in [-0.4, -0.2) is 70.6 Å². The quantitative estimate of drug-likeness (QED) is 0.410. The van der Waals surface area contributed by atoms with Gasteiger partial charge < -0.3 is 20.5 Å². The molecule has 0 spiro atoms. The van der Waals surface area contributed by atoms with Crippen LogP contribution in [0.4, 0.5) is 14.6 Å². The molecule has 8 nitrogen and oxygen atoms in total. The molecule has 2 aliphatic rings. The molecule has 3 aromatic rings. The highest BCUT2D eigenvalue weighted by Gasteiger charge is 2.30. The number of rotatable bonds is 7. The molecule has 1 aromatic carbocycles. The molecule has 0 aliphatic carbocycles. The summed E-state index contributed by atoms with van der Waals surface area (Å²) in [6.45, 7) is 1.37. The lowest BCUT2D eigenvalue weighted by Gasteiger charge is -2.36. The number of anilines is 1. The summed E-state index contributed by atoms with van der Waals surface area (Å²) in [5.41, 5.74) is 1.42. The number of likely N-dealkylation sites (tertiary alicyclic amines) is 1. The number of ether oxygens (including phenoxy) is 1. The summed E-state index contributed by atoms with van der Waals surface area (Å²) < 4.78 is 34.6. The molecular formula is C25H28ClF2N5O3S. The number of aromatic nitrogens is 2. The average Bonchev–Trinajstić information content (AvgIpc) is 2.87. The molecule has 2 aliphatic heterocycles. The number of alkyl halides is 1. The Balaban J connectivity index is 0.00000320. The van der Waals surface area contributed by atoms with Crippen molar-refractivity contribution in [3.63, 3.8) is 0 Å². The molecule has 1 fully saturated rings. The van der Waals surface area contributed by atoms with Crippen molar-refractivity contribution in [2.45, 2.75) is 36.2 Å². The lowest BCUT2D eigenvalue weighted by Crippen LogP contribution is -2.51. The lowest BCUT2D eigenvalue weighted by molar-refractivity contribution is -0.113. The minimum absolute atomic E-state index is 0. The van der Waals surface area contributed by atoms with Crippen LogP contribution in [0, 0.1) is 5.82 Å². The van der Waals surface area contributed by atoms with Crippen molar-refractivity contribution in [1.29, 1.82) is 0 Å². The van der Waals surface area contributed by atoms with Crippen LogP contribution in [0.1, 0.15) is 23.8 Å². The van der Waals surface area contributed by atoms with Gasteiger partial charge in [0.25, 0.3) is 0 Å². The second-order valence-corrected chi connectivity index (χ2v) is 9.98. The van der Waals surface area contributed by atoms with Gasteiger partial charge in [-0.15, -0.1) is 24.2 Å². The Morgan fingerprint density at radius 1 is 1.35 bits per heavy atom. The predicted octanol–water partition coefficient (Wildman–Crippen LogP) is 3.48. The molecule has 2 unspecified atom stereocenters. The number of thioether (sulfide) groups is 1. The molecule has 12 heteroatoms. The molecule has 0 radical (unpaired) electrons. The molecule has 3 atom stereocenters. The van der Waals surface area contributed by atoms with E-state index in [1.807, 2.05) is 17.0 Å². The van der Waals surface area contributed by atoms with Gasteiger partial charge in [0, 0.05) is 43.3 Å². The number of carbonyl (C=O) groups excluding carboxylic acids is 1. The van der Waals surface area contributed by atoms with Gasteiger partial charge in [0.1, 0.15) is 23.3 Å². The number of hydrogen-bond acceptors (Lipinski definition) is 8. The molecule has 2 aromatic heterocycles. The van der Waals surface area contributed by atoms with E-state index in [0.29, 0.717) is 47.8 Å². The van der Waals surface area contributed by atoms with Crippen LogP contribution in [-0.2, 0) is 11.3 Å². The third kappa shape index (κ3) is 6.12. The van der Waals surface area contributed by atoms with Crippen molar-refractivity contribution >= 4 is 46.8 Å². The topological polar surface area (TPSA) is 99.6 Å². The smallest absolute Gasteiger partial charge is 0.235 e. The Morgan fingerprint density at radius 2 is 2.19 bits per heavy atom. The third-order valence-electron chi connectivity index (χ3n) is 6.53. The van der Waals surface area contributed by atoms with E-state index in [0.717, 1.165) is 10.6 Å². The van der Waals surface area contributed by atoms with Crippen LogP contribution >= 0.6 is 24.2 Å². The maximum Gasteiger partial charge on any atom is 0.235 e. The summed E-state index contributed by atoms with van der Waals surface area (Å²) in [6, 6.07) is 8.01. The van der Waals surface area contributed by atoms with Crippen molar-refractivity contribution in [1.82, 2.24) is 20.2 Å². The SMILES string of the molecule is COc1cc(F)c2nccc([C@@H](O)CN3CCC(NCc4ccc5c(n4)NC(=O)CS5)C(F)C3)c2c1.Cl. The van der Waals surface area contributed by atoms with Crippen molar-refractivity contribution in [3.05, 3.63) is 53.6 Å². The maximum atomic E-state index is 15.0. The first-order valence-corrected chi connectivity index (χ1v) is 12.7. The Hall–Kier alpha value is -2.57. The predicted molar refractivity (Wildman–Crippen MR) is 141 cm³/mol. The zero-order valence-corrected chi connectivity index (χ0v) is 21.7. The number of fused-ring (bicyclic) bond motifs is 2. The van der Waals surface area contributed by atoms with E-state index in [1.54, 1.807) is 12.1 Å². The summed E-state index contributed by atoms with van der Waals surface area (Å²) in [4.78, 5) is 23.0. The fraction of sp³-hybridized carbons (Fsp3) is 0.400. The number of nitrogens with one attached hydrogen (secondary N) is 2. The van der Waals surface area contributed by atoms with E-state index < -0.39 is 18.1 Å². The minimum atomic E-state index is -1.13. The Labute approximate surface area is 223 Å². The van der Waals surface area contributed by atoms with Gasteiger partial charge in [-0.1, -0.05) is 0 Å². The Kier molecular flexibility index (Phi) is 8.81. The maximum absolute atomic E-state index is 15.0. The van der Waals surface area contributed by atoms with E-state index >= 15 is 4.39 Å². The van der Waals surface area contributed by atoms with E-state index in [1.165, 1.54) is 31.1 Å². The van der Waals surface area contributed by atoms with Gasteiger partial charge in [0.15, 0.2) is 5.82 Å². The number of hydrogen-bond donors (Lipinski definition) is 3. The van der Waals surface area contributed by atoms with Gasteiger partial charge in [-0.2, -0.15) is 0 Å². The first kappa shape index (κ1) is 27.5. The lowest BCUT2D eigenvalue weighted by atomic mass is 10.00. The fourth-order valence-corrected chi connectivity index (χ4v) is 5.42. The van der Waals surface area contributed by atoms with Gasteiger partial charge in [-0.3, -0.25) is 14.7 Å². The van der Waals surface area contributed by atoms with Gasteiger partial charge in [0.05, 0.1) is 29.6 Å². The second kappa shape index (κ2) is 11.9. The summed E-state index contributed by atoms with van der Waals surface area (Å²) in [6.07, 6.45) is -0.0500. The van der Waals surface area contributed by atoms with Gasteiger partial charge in [-0.25, -0.2) is 13.8 Å². The molecule has 5 rings (SSSR count). The Bertz CT molecular complexity index is 1290. The zero-order valence-electron chi connectivity index (χ0n) is 20.1. The van der Waals surface area contributed by atoms with Crippen LogP contribution in [0.25, 0.3) is 10.9 Å². The number of carbonyl (C=O) groups is 1. The van der Waals surface area contributed by atoms with E-state index in [-0.39, 0.29) is 43.0 Å². The van der Waals surface area contributed by atoms with Crippen LogP contribution in [0.15, 0.2) is 41.4 Å². The number of nitrogens with zero attached hydrogens (tertiary/aromatic N) is 3. The number of pyridine rings is 2. The summed E-state index contributed by atoms with van der Waals surface area (Å²) in [5.74, 6) is 0.672. The Morgan fingerprint density at radius 3 is 2.97 bits per heavy atom. The molecule has 198 valence electrons. The molecule has 1 amide bonds. The van der Waals surface area contributed by atoms with Crippen LogP contribution < -0.4 is 15.4 Å². The van der Waals surface area contributed by atoms with E-state index in [2.05, 4.69) is 20.6 Å². The molecule has 3 N–H and O–H groups in total. The normalized spacial score (nSPS) is 20.6. The van der Waals surface area contributed by atoms with Crippen LogP contribution in [0.3, 0.4) is 0 Å². The number of β-amino-alcohol motifs (C(OH)–C–C–N with tert-alkyl or cyclic N) is 1. The van der Waals surface area contributed by atoms with Gasteiger partial charge in [-0.05, 0) is 42.8 Å². The summed E-state index contributed by atoms with van der Waals surface area (Å²) >= 11 is 1.45. The number of methoxy groups -OCH3 is 1. The number of amides is 1. The highest BCUT2D eigenvalue weighted by Crippen LogP contribution is 2.31. The number of piperidine rings is 1. The third-order valence-corrected chi connectivity index (χ3v) is 7.58. The van der Waals surface area contributed by atoms with E-state index in [4.69, 9.17) is 4.74 Å². The molecule has 0 bridgehead atoms. The standard InChI is InChI=1S/C25H27F2N5O3S.ClH/c1-35-15-8-17-16(4-6-28-24(17)18(26)9-15)21(33)12-32-7-5-20(19(27)11-32)29-10-14-2-3-22-25(30-14)31-23(34)13-36-22;/h2-4,6,8-9,19-21,29,33H,5,7,10-13H2,1H3,(H,30,31,34);1H/t19?,20?,21-;/m0./s1. The number of benzene rings is 1. The summed E-state index contributed by atoms with van der Waals surface area (Å²) in [5, 5.41) is 17.4. The van der Waals surface area contributed by atoms with Crippen molar-refractivity contribution in [3.8, 4) is 5.75 Å². The van der Waals surface area contributed by atoms with Crippen LogP contribution in [0.5, 0.6) is 5.75 Å². The van der Waals surface area contributed by atoms with Crippen molar-refractivity contribution in [2.75, 3.05) is 37.8 Å². The second-order valence-electron chi connectivity index (χ2n) is 8.96. The number of aliphatic hydroxyl groups excluding tert-OH is 1. The minimum Gasteiger partial charge on any atom is -0.497 e. The largest absolute Gasteiger partial charge is 0.497 e. The molecule has 0 saturated carbocycles. The number of aliphatic hydroxyl groups is 1. The first-order chi connectivity index (χ1) is 17.4. The molecule has 1 saturated heterocycles. The summed E-state index contributed by atoms with van der Waals surface area (Å²) in [7, 11) is 1.45. The zero-order chi connectivity index (χ0) is 25.2.